The number of nitrogens with zero attached hydrogens (tertiary/aromatic N) is 3. The predicted octanol–water partition coefficient (Wildman–Crippen LogP) is 2.45. The molecule has 1 amide bonds. The zero-order chi connectivity index (χ0) is 13.5. The molecule has 0 aromatic carbocycles. The second kappa shape index (κ2) is 4.86. The first-order valence-electron chi connectivity index (χ1n) is 7.93. The Morgan fingerprint density at radius 3 is 2.50 bits per heavy atom. The SMILES string of the molecule is O=C(C1CCCCC1)N1CC(c2nc(C3CC3)no2)C1. The minimum Gasteiger partial charge on any atom is -0.341 e. The van der Waals surface area contributed by atoms with Gasteiger partial charge in [0.15, 0.2) is 5.82 Å². The zero-order valence-electron chi connectivity index (χ0n) is 11.8. The lowest BCUT2D eigenvalue weighted by Crippen LogP contribution is -2.51. The Bertz CT molecular complexity index is 497. The minimum absolute atomic E-state index is 0.266. The first-order chi connectivity index (χ1) is 9.81. The van der Waals surface area contributed by atoms with E-state index in [0.717, 1.165) is 37.6 Å². The van der Waals surface area contributed by atoms with Crippen LogP contribution in [0.1, 0.15) is 68.5 Å². The summed E-state index contributed by atoms with van der Waals surface area (Å²) in [6.45, 7) is 1.53. The largest absolute Gasteiger partial charge is 0.341 e. The third-order valence-corrected chi connectivity index (χ3v) is 4.90. The molecule has 1 aliphatic heterocycles. The quantitative estimate of drug-likeness (QED) is 0.850. The van der Waals surface area contributed by atoms with Gasteiger partial charge in [-0.2, -0.15) is 4.98 Å². The highest BCUT2D eigenvalue weighted by molar-refractivity contribution is 5.79. The monoisotopic (exact) mass is 275 g/mol. The molecule has 0 bridgehead atoms. The second-order valence-corrected chi connectivity index (χ2v) is 6.54. The van der Waals surface area contributed by atoms with E-state index in [2.05, 4.69) is 10.1 Å². The lowest BCUT2D eigenvalue weighted by molar-refractivity contribution is -0.141. The first kappa shape index (κ1) is 12.4. The summed E-state index contributed by atoms with van der Waals surface area (Å²) in [6, 6.07) is 0. The summed E-state index contributed by atoms with van der Waals surface area (Å²) in [4.78, 5) is 18.8. The molecule has 1 aromatic heterocycles. The molecule has 108 valence electrons. The van der Waals surface area contributed by atoms with Gasteiger partial charge in [0.1, 0.15) is 0 Å². The van der Waals surface area contributed by atoms with E-state index in [0.29, 0.717) is 11.8 Å². The topological polar surface area (TPSA) is 59.2 Å². The number of likely N-dealkylation sites (tertiary alicyclic amines) is 1. The average Bonchev–Trinajstić information content (AvgIpc) is 3.18. The van der Waals surface area contributed by atoms with Gasteiger partial charge in [-0.3, -0.25) is 4.79 Å². The summed E-state index contributed by atoms with van der Waals surface area (Å²) < 4.78 is 5.34. The summed E-state index contributed by atoms with van der Waals surface area (Å²) in [5.41, 5.74) is 0. The molecule has 0 atom stereocenters. The van der Waals surface area contributed by atoms with Gasteiger partial charge in [0.05, 0.1) is 5.92 Å². The molecule has 20 heavy (non-hydrogen) atoms. The summed E-state index contributed by atoms with van der Waals surface area (Å²) in [7, 11) is 0. The molecule has 3 aliphatic rings. The maximum absolute atomic E-state index is 12.3. The normalized spacial score (nSPS) is 24.7. The molecule has 1 saturated heterocycles. The number of hydrogen-bond acceptors (Lipinski definition) is 4. The van der Waals surface area contributed by atoms with E-state index in [1.807, 2.05) is 4.90 Å². The van der Waals surface area contributed by atoms with E-state index in [1.54, 1.807) is 0 Å². The number of carbonyl (C=O) groups is 1. The lowest BCUT2D eigenvalue weighted by atomic mass is 9.86. The number of amides is 1. The first-order valence-corrected chi connectivity index (χ1v) is 7.93. The number of aromatic nitrogens is 2. The third-order valence-electron chi connectivity index (χ3n) is 4.90. The van der Waals surface area contributed by atoms with Crippen LogP contribution < -0.4 is 0 Å². The van der Waals surface area contributed by atoms with Crippen molar-refractivity contribution in [1.29, 1.82) is 0 Å². The van der Waals surface area contributed by atoms with Crippen molar-refractivity contribution >= 4 is 5.91 Å². The van der Waals surface area contributed by atoms with Crippen LogP contribution in [-0.4, -0.2) is 34.0 Å². The molecule has 3 fully saturated rings. The van der Waals surface area contributed by atoms with Crippen molar-refractivity contribution in [2.45, 2.75) is 56.8 Å². The molecule has 5 heteroatoms. The molecule has 0 radical (unpaired) electrons. The molecule has 1 aromatic rings. The van der Waals surface area contributed by atoms with E-state index in [-0.39, 0.29) is 11.8 Å². The smallest absolute Gasteiger partial charge is 0.233 e. The molecular formula is C15H21N3O2. The van der Waals surface area contributed by atoms with Crippen LogP contribution in [0.15, 0.2) is 4.52 Å². The summed E-state index contributed by atoms with van der Waals surface area (Å²) in [5, 5.41) is 4.05. The van der Waals surface area contributed by atoms with Crippen LogP contribution in [0.5, 0.6) is 0 Å². The highest BCUT2D eigenvalue weighted by Gasteiger charge is 2.39. The Balaban J connectivity index is 1.32. The van der Waals surface area contributed by atoms with Gasteiger partial charge in [0.25, 0.3) is 0 Å². The van der Waals surface area contributed by atoms with Crippen LogP contribution in [0, 0.1) is 5.92 Å². The Morgan fingerprint density at radius 1 is 1.05 bits per heavy atom. The van der Waals surface area contributed by atoms with E-state index in [1.165, 1.54) is 32.1 Å². The fourth-order valence-electron chi connectivity index (χ4n) is 3.34. The van der Waals surface area contributed by atoms with Crippen LogP contribution in [-0.2, 0) is 4.79 Å². The maximum atomic E-state index is 12.3. The molecule has 2 aliphatic carbocycles. The number of carbonyl (C=O) groups excluding carboxylic acids is 1. The van der Waals surface area contributed by atoms with E-state index in [4.69, 9.17) is 4.52 Å². The van der Waals surface area contributed by atoms with Crippen molar-refractivity contribution in [1.82, 2.24) is 15.0 Å². The summed E-state index contributed by atoms with van der Waals surface area (Å²) in [6.07, 6.45) is 8.24. The predicted molar refractivity (Wildman–Crippen MR) is 72.2 cm³/mol. The van der Waals surface area contributed by atoms with Gasteiger partial charge in [-0.1, -0.05) is 24.4 Å². The van der Waals surface area contributed by atoms with Crippen LogP contribution in [0.25, 0.3) is 0 Å². The van der Waals surface area contributed by atoms with Crippen LogP contribution >= 0.6 is 0 Å². The van der Waals surface area contributed by atoms with E-state index in [9.17, 15) is 4.79 Å². The number of hydrogen-bond donors (Lipinski definition) is 0. The van der Waals surface area contributed by atoms with Crippen molar-refractivity contribution in [2.24, 2.45) is 5.92 Å². The van der Waals surface area contributed by atoms with E-state index >= 15 is 0 Å². The molecule has 0 N–H and O–H groups in total. The van der Waals surface area contributed by atoms with Gasteiger partial charge in [0.2, 0.25) is 11.8 Å². The highest BCUT2D eigenvalue weighted by Crippen LogP contribution is 2.39. The molecule has 5 nitrogen and oxygen atoms in total. The van der Waals surface area contributed by atoms with Gasteiger partial charge in [-0.25, -0.2) is 0 Å². The van der Waals surface area contributed by atoms with Gasteiger partial charge >= 0.3 is 0 Å². The molecule has 2 saturated carbocycles. The summed E-state index contributed by atoms with van der Waals surface area (Å²) in [5.74, 6) is 3.03. The molecule has 2 heterocycles. The van der Waals surface area contributed by atoms with Crippen LogP contribution in [0.3, 0.4) is 0 Å². The summed E-state index contributed by atoms with van der Waals surface area (Å²) >= 11 is 0. The Hall–Kier alpha value is -1.39. The van der Waals surface area contributed by atoms with Crippen molar-refractivity contribution in [3.05, 3.63) is 11.7 Å². The van der Waals surface area contributed by atoms with Crippen LogP contribution in [0.4, 0.5) is 0 Å². The van der Waals surface area contributed by atoms with Crippen LogP contribution in [0.2, 0.25) is 0 Å². The molecular weight excluding hydrogens is 254 g/mol. The minimum atomic E-state index is 0.266. The third kappa shape index (κ3) is 2.23. The Labute approximate surface area is 118 Å². The fourth-order valence-corrected chi connectivity index (χ4v) is 3.34. The molecule has 4 rings (SSSR count). The number of rotatable bonds is 3. The van der Waals surface area contributed by atoms with Gasteiger partial charge in [-0.05, 0) is 25.7 Å². The standard InChI is InChI=1S/C15H21N3O2/c19-15(11-4-2-1-3-5-11)18-8-12(9-18)14-16-13(17-20-14)10-6-7-10/h10-12H,1-9H2. The van der Waals surface area contributed by atoms with Gasteiger partial charge < -0.3 is 9.42 Å². The van der Waals surface area contributed by atoms with Gasteiger partial charge in [0, 0.05) is 24.9 Å². The van der Waals surface area contributed by atoms with Crippen molar-refractivity contribution < 1.29 is 9.32 Å². The Kier molecular flexibility index (Phi) is 3.00. The van der Waals surface area contributed by atoms with Crippen molar-refractivity contribution in [3.63, 3.8) is 0 Å². The van der Waals surface area contributed by atoms with E-state index < -0.39 is 0 Å². The fraction of sp³-hybridized carbons (Fsp3) is 0.800. The van der Waals surface area contributed by atoms with Crippen molar-refractivity contribution in [3.8, 4) is 0 Å². The maximum Gasteiger partial charge on any atom is 0.233 e. The second-order valence-electron chi connectivity index (χ2n) is 6.54. The van der Waals surface area contributed by atoms with Crippen molar-refractivity contribution in [2.75, 3.05) is 13.1 Å². The zero-order valence-corrected chi connectivity index (χ0v) is 11.8. The lowest BCUT2D eigenvalue weighted by Gasteiger charge is -2.39. The van der Waals surface area contributed by atoms with Gasteiger partial charge in [-0.15, -0.1) is 0 Å². The molecule has 0 unspecified atom stereocenters. The Morgan fingerprint density at radius 2 is 1.80 bits per heavy atom. The highest BCUT2D eigenvalue weighted by atomic mass is 16.5. The average molecular weight is 275 g/mol. The molecule has 0 spiro atoms.